The number of nitrogens with zero attached hydrogens (tertiary/aromatic N) is 1. The van der Waals surface area contributed by atoms with Crippen LogP contribution in [0.5, 0.6) is 0 Å². The average molecular weight is 399 g/mol. The van der Waals surface area contributed by atoms with Gasteiger partial charge in [0, 0.05) is 19.8 Å². The van der Waals surface area contributed by atoms with Crippen LogP contribution in [0, 0.1) is 0 Å². The van der Waals surface area contributed by atoms with Crippen LogP contribution in [0.4, 0.5) is 0 Å². The fourth-order valence-electron chi connectivity index (χ4n) is 4.35. The van der Waals surface area contributed by atoms with E-state index in [4.69, 9.17) is 9.47 Å². The summed E-state index contributed by atoms with van der Waals surface area (Å²) in [5, 5.41) is 7.86. The molecule has 30 heavy (non-hydrogen) atoms. The maximum absolute atomic E-state index is 5.55. The topological polar surface area (TPSA) is 47.1 Å². The molecule has 4 nitrogen and oxygen atoms in total. The van der Waals surface area contributed by atoms with E-state index in [0.717, 1.165) is 17.0 Å². The summed E-state index contributed by atoms with van der Waals surface area (Å²) in [5.74, 6) is 0. The van der Waals surface area contributed by atoms with Crippen molar-refractivity contribution in [3.8, 4) is 0 Å². The van der Waals surface area contributed by atoms with Crippen LogP contribution in [0.3, 0.4) is 0 Å². The number of rotatable bonds is 8. The lowest BCUT2D eigenvalue weighted by Crippen LogP contribution is -2.33. The van der Waals surface area contributed by atoms with Gasteiger partial charge >= 0.3 is 0 Å². The second-order valence-electron chi connectivity index (χ2n) is 7.24. The molecule has 0 unspecified atom stereocenters. The first kappa shape index (κ1) is 20.1. The van der Waals surface area contributed by atoms with Gasteiger partial charge in [-0.25, -0.2) is 0 Å². The third-order valence-corrected chi connectivity index (χ3v) is 5.48. The minimum Gasteiger partial charge on any atom is -0.378 e. The van der Waals surface area contributed by atoms with E-state index in [1.807, 2.05) is 18.2 Å². The molecule has 0 spiro atoms. The zero-order valence-corrected chi connectivity index (χ0v) is 17.3. The van der Waals surface area contributed by atoms with Crippen LogP contribution < -0.4 is 0 Å². The van der Waals surface area contributed by atoms with Gasteiger partial charge in [0.2, 0.25) is 0 Å². The Morgan fingerprint density at radius 2 is 1.10 bits per heavy atom. The minimum absolute atomic E-state index is 0.407. The monoisotopic (exact) mass is 398 g/mol. The molecule has 0 aliphatic rings. The second-order valence-corrected chi connectivity index (χ2v) is 7.24. The number of hydrogen-bond acceptors (Lipinski definition) is 3. The molecule has 0 saturated heterocycles. The van der Waals surface area contributed by atoms with Crippen molar-refractivity contribution in [3.05, 3.63) is 125 Å². The Bertz CT molecular complexity index is 940. The van der Waals surface area contributed by atoms with Gasteiger partial charge in [-0.05, 0) is 16.7 Å². The van der Waals surface area contributed by atoms with Gasteiger partial charge in [0.1, 0.15) is 0 Å². The number of ether oxygens (including phenoxy) is 2. The first-order chi connectivity index (χ1) is 14.8. The molecule has 4 rings (SSSR count). The molecular formula is C26H26N2O2. The maximum Gasteiger partial charge on any atom is 0.0930 e. The molecular weight excluding hydrogens is 372 g/mol. The van der Waals surface area contributed by atoms with Gasteiger partial charge in [0.05, 0.1) is 30.0 Å². The number of benzene rings is 3. The molecule has 1 N–H and O–H groups in total. The van der Waals surface area contributed by atoms with Crippen LogP contribution in [0.15, 0.2) is 91.0 Å². The molecule has 4 heteroatoms. The van der Waals surface area contributed by atoms with Crippen LogP contribution in [0.1, 0.15) is 33.6 Å². The molecule has 4 aromatic rings. The normalized spacial score (nSPS) is 11.5. The first-order valence-corrected chi connectivity index (χ1v) is 10.0. The standard InChI is InChI=1S/C26H26N2O2/c1-29-18-23-25(24(19-30-2)28-27-23)26(20-12-6-3-7-13-20,21-14-8-4-9-15-21)22-16-10-5-11-17-22/h3-17H,18-19H2,1-2H3,(H,27,28). The average Bonchev–Trinajstić information content (AvgIpc) is 3.20. The number of nitrogens with one attached hydrogen (secondary N) is 1. The lowest BCUT2D eigenvalue weighted by Gasteiger charge is -2.37. The zero-order chi connectivity index (χ0) is 20.8. The van der Waals surface area contributed by atoms with Crippen molar-refractivity contribution >= 4 is 0 Å². The summed E-state index contributed by atoms with van der Waals surface area (Å²) in [4.78, 5) is 0. The highest BCUT2D eigenvalue weighted by atomic mass is 16.5. The Morgan fingerprint density at radius 3 is 1.50 bits per heavy atom. The number of methoxy groups -OCH3 is 2. The smallest absolute Gasteiger partial charge is 0.0930 e. The minimum atomic E-state index is -0.571. The van der Waals surface area contributed by atoms with Crippen molar-refractivity contribution in [3.63, 3.8) is 0 Å². The van der Waals surface area contributed by atoms with Gasteiger partial charge in [-0.1, -0.05) is 91.0 Å². The van der Waals surface area contributed by atoms with E-state index in [-0.39, 0.29) is 0 Å². The van der Waals surface area contributed by atoms with Gasteiger partial charge in [-0.2, -0.15) is 5.10 Å². The van der Waals surface area contributed by atoms with Gasteiger partial charge in [0.25, 0.3) is 0 Å². The predicted octanol–water partition coefficient (Wildman–Crippen LogP) is 5.09. The zero-order valence-electron chi connectivity index (χ0n) is 17.3. The molecule has 152 valence electrons. The van der Waals surface area contributed by atoms with Crippen molar-refractivity contribution in [1.29, 1.82) is 0 Å². The highest BCUT2D eigenvalue weighted by molar-refractivity contribution is 5.61. The Hall–Kier alpha value is -3.21. The van der Waals surface area contributed by atoms with Crippen molar-refractivity contribution in [1.82, 2.24) is 10.2 Å². The third-order valence-electron chi connectivity index (χ3n) is 5.48. The quantitative estimate of drug-likeness (QED) is 0.421. The summed E-state index contributed by atoms with van der Waals surface area (Å²) < 4.78 is 11.1. The van der Waals surface area contributed by atoms with E-state index < -0.39 is 5.41 Å². The molecule has 0 amide bonds. The van der Waals surface area contributed by atoms with Crippen LogP contribution in [-0.2, 0) is 28.1 Å². The Morgan fingerprint density at radius 1 is 0.667 bits per heavy atom. The van der Waals surface area contributed by atoms with Gasteiger partial charge in [-0.15, -0.1) is 0 Å². The summed E-state index contributed by atoms with van der Waals surface area (Å²) in [7, 11) is 3.40. The van der Waals surface area contributed by atoms with Gasteiger partial charge in [-0.3, -0.25) is 5.10 Å². The van der Waals surface area contributed by atoms with Crippen LogP contribution in [0.25, 0.3) is 0 Å². The largest absolute Gasteiger partial charge is 0.378 e. The van der Waals surface area contributed by atoms with Crippen LogP contribution in [0.2, 0.25) is 0 Å². The lowest BCUT2D eigenvalue weighted by molar-refractivity contribution is 0.178. The molecule has 0 aliphatic heterocycles. The molecule has 1 aromatic heterocycles. The maximum atomic E-state index is 5.55. The summed E-state index contributed by atoms with van der Waals surface area (Å²) in [6.45, 7) is 0.837. The van der Waals surface area contributed by atoms with Gasteiger partial charge in [0.15, 0.2) is 0 Å². The van der Waals surface area contributed by atoms with E-state index in [0.29, 0.717) is 13.2 Å². The third kappa shape index (κ3) is 3.45. The number of hydrogen-bond donors (Lipinski definition) is 1. The number of aromatic nitrogens is 2. The predicted molar refractivity (Wildman–Crippen MR) is 118 cm³/mol. The lowest BCUT2D eigenvalue weighted by atomic mass is 9.64. The van der Waals surface area contributed by atoms with Crippen molar-refractivity contribution in [2.45, 2.75) is 18.6 Å². The molecule has 0 aliphatic carbocycles. The van der Waals surface area contributed by atoms with Crippen molar-refractivity contribution < 1.29 is 9.47 Å². The van der Waals surface area contributed by atoms with E-state index >= 15 is 0 Å². The van der Waals surface area contributed by atoms with Crippen molar-refractivity contribution in [2.24, 2.45) is 0 Å². The second kappa shape index (κ2) is 9.08. The Balaban J connectivity index is 2.16. The van der Waals surface area contributed by atoms with E-state index in [1.165, 1.54) is 16.7 Å². The molecule has 0 saturated carbocycles. The Kier molecular flexibility index (Phi) is 6.07. The summed E-state index contributed by atoms with van der Waals surface area (Å²) in [6.07, 6.45) is 0. The summed E-state index contributed by atoms with van der Waals surface area (Å²) in [5.41, 5.74) is 5.82. The molecule has 1 heterocycles. The molecule has 0 atom stereocenters. The number of H-pyrrole nitrogens is 1. The molecule has 0 bridgehead atoms. The fraction of sp³-hybridized carbons (Fsp3) is 0.192. The highest BCUT2D eigenvalue weighted by Gasteiger charge is 2.42. The fourth-order valence-corrected chi connectivity index (χ4v) is 4.35. The first-order valence-electron chi connectivity index (χ1n) is 10.0. The summed E-state index contributed by atoms with van der Waals surface area (Å²) >= 11 is 0. The molecule has 0 radical (unpaired) electrons. The SMILES string of the molecule is COCc1n[nH]c(COC)c1C(c1ccccc1)(c1ccccc1)c1ccccc1. The molecule has 3 aromatic carbocycles. The van der Waals surface area contributed by atoms with Crippen LogP contribution in [-0.4, -0.2) is 24.4 Å². The van der Waals surface area contributed by atoms with Crippen LogP contribution >= 0.6 is 0 Å². The van der Waals surface area contributed by atoms with Gasteiger partial charge < -0.3 is 9.47 Å². The Labute approximate surface area is 177 Å². The van der Waals surface area contributed by atoms with E-state index in [1.54, 1.807) is 14.2 Å². The molecule has 0 fully saturated rings. The highest BCUT2D eigenvalue weighted by Crippen LogP contribution is 2.47. The van der Waals surface area contributed by atoms with Crippen molar-refractivity contribution in [2.75, 3.05) is 14.2 Å². The number of aromatic amines is 1. The van der Waals surface area contributed by atoms with E-state index in [9.17, 15) is 0 Å². The van der Waals surface area contributed by atoms with E-state index in [2.05, 4.69) is 83.0 Å². The summed E-state index contributed by atoms with van der Waals surface area (Å²) in [6, 6.07) is 31.7.